The molecule has 0 spiro atoms. The molecule has 2 heteroatoms. The van der Waals surface area contributed by atoms with Crippen molar-refractivity contribution >= 4 is 5.57 Å². The quantitative estimate of drug-likeness (QED) is 0.737. The summed E-state index contributed by atoms with van der Waals surface area (Å²) in [6.07, 6.45) is 3.89. The van der Waals surface area contributed by atoms with Gasteiger partial charge in [0.1, 0.15) is 0 Å². The van der Waals surface area contributed by atoms with Crippen LogP contribution in [0.4, 0.5) is 0 Å². The lowest BCUT2D eigenvalue weighted by Gasteiger charge is -2.03. The minimum atomic E-state index is 1.01. The highest BCUT2D eigenvalue weighted by molar-refractivity contribution is 5.73. The lowest BCUT2D eigenvalue weighted by atomic mass is 10.1. The van der Waals surface area contributed by atoms with Crippen LogP contribution in [-0.4, -0.2) is 9.78 Å². The van der Waals surface area contributed by atoms with Crippen LogP contribution in [0.3, 0.4) is 0 Å². The molecule has 2 rings (SSSR count). The van der Waals surface area contributed by atoms with Crippen molar-refractivity contribution in [1.29, 1.82) is 0 Å². The summed E-state index contributed by atoms with van der Waals surface area (Å²) in [5.41, 5.74) is 5.53. The topological polar surface area (TPSA) is 17.8 Å². The van der Waals surface area contributed by atoms with Gasteiger partial charge in [-0.1, -0.05) is 36.9 Å². The van der Waals surface area contributed by atoms with Gasteiger partial charge in [0, 0.05) is 5.69 Å². The van der Waals surface area contributed by atoms with Crippen molar-refractivity contribution < 1.29 is 0 Å². The third kappa shape index (κ3) is 2.02. The first-order valence-electron chi connectivity index (χ1n) is 6.09. The Labute approximate surface area is 108 Å². The standard InChI is InChI=1S/C16H18N2/c1-5-14(6-2)16-12(3)13(4)18(17-16)15-10-8-7-9-11-15/h5-11H,1H2,2-4H3/b14-6+. The highest BCUT2D eigenvalue weighted by Gasteiger charge is 2.13. The molecule has 0 N–H and O–H groups in total. The molecule has 1 heterocycles. The minimum Gasteiger partial charge on any atom is -0.237 e. The maximum Gasteiger partial charge on any atom is 0.0955 e. The summed E-state index contributed by atoms with van der Waals surface area (Å²) in [6, 6.07) is 10.2. The zero-order chi connectivity index (χ0) is 13.1. The van der Waals surface area contributed by atoms with Crippen LogP contribution in [0.1, 0.15) is 23.9 Å². The Kier molecular flexibility index (Phi) is 3.47. The monoisotopic (exact) mass is 238 g/mol. The molecule has 0 bridgehead atoms. The maximum atomic E-state index is 4.70. The van der Waals surface area contributed by atoms with Crippen LogP contribution >= 0.6 is 0 Å². The summed E-state index contributed by atoms with van der Waals surface area (Å²) >= 11 is 0. The van der Waals surface area contributed by atoms with Crippen molar-refractivity contribution in [1.82, 2.24) is 9.78 Å². The SMILES string of the molecule is C=C/C(=C\C)c1nn(-c2ccccc2)c(C)c1C. The van der Waals surface area contributed by atoms with E-state index in [4.69, 9.17) is 5.10 Å². The molecule has 18 heavy (non-hydrogen) atoms. The Bertz CT molecular complexity index is 589. The molecular formula is C16H18N2. The van der Waals surface area contributed by atoms with Gasteiger partial charge >= 0.3 is 0 Å². The third-order valence-electron chi connectivity index (χ3n) is 3.22. The van der Waals surface area contributed by atoms with Crippen LogP contribution < -0.4 is 0 Å². The van der Waals surface area contributed by atoms with Gasteiger partial charge in [-0.2, -0.15) is 5.10 Å². The number of allylic oxidation sites excluding steroid dienone is 3. The molecule has 0 aliphatic carbocycles. The molecule has 0 saturated heterocycles. The van der Waals surface area contributed by atoms with Crippen LogP contribution in [0.25, 0.3) is 11.3 Å². The average Bonchev–Trinajstić information content (AvgIpc) is 2.70. The first kappa shape index (κ1) is 12.4. The van der Waals surface area contributed by atoms with E-state index >= 15 is 0 Å². The molecule has 0 unspecified atom stereocenters. The normalized spacial score (nSPS) is 11.6. The van der Waals surface area contributed by atoms with E-state index in [9.17, 15) is 0 Å². The summed E-state index contributed by atoms with van der Waals surface area (Å²) < 4.78 is 1.98. The molecule has 0 radical (unpaired) electrons. The number of nitrogens with zero attached hydrogens (tertiary/aromatic N) is 2. The summed E-state index contributed by atoms with van der Waals surface area (Å²) in [4.78, 5) is 0. The lowest BCUT2D eigenvalue weighted by molar-refractivity contribution is 0.841. The highest BCUT2D eigenvalue weighted by atomic mass is 15.3. The van der Waals surface area contributed by atoms with E-state index in [0.717, 1.165) is 22.6 Å². The van der Waals surface area contributed by atoms with E-state index in [1.54, 1.807) is 0 Å². The first-order chi connectivity index (χ1) is 8.69. The zero-order valence-corrected chi connectivity index (χ0v) is 11.1. The van der Waals surface area contributed by atoms with E-state index < -0.39 is 0 Å². The van der Waals surface area contributed by atoms with Crippen LogP contribution in [0.2, 0.25) is 0 Å². The van der Waals surface area contributed by atoms with E-state index in [-0.39, 0.29) is 0 Å². The molecule has 0 saturated carbocycles. The molecule has 1 aromatic heterocycles. The van der Waals surface area contributed by atoms with E-state index in [1.807, 2.05) is 42.0 Å². The predicted octanol–water partition coefficient (Wildman–Crippen LogP) is 4.08. The van der Waals surface area contributed by atoms with Crippen molar-refractivity contribution in [2.75, 3.05) is 0 Å². The number of para-hydroxylation sites is 1. The largest absolute Gasteiger partial charge is 0.237 e. The number of aromatic nitrogens is 2. The summed E-state index contributed by atoms with van der Waals surface area (Å²) in [7, 11) is 0. The van der Waals surface area contributed by atoms with Gasteiger partial charge in [0.15, 0.2) is 0 Å². The molecule has 2 aromatic rings. The van der Waals surface area contributed by atoms with Gasteiger partial charge < -0.3 is 0 Å². The van der Waals surface area contributed by atoms with Gasteiger partial charge in [0.2, 0.25) is 0 Å². The van der Waals surface area contributed by atoms with Gasteiger partial charge in [-0.15, -0.1) is 0 Å². The maximum absolute atomic E-state index is 4.70. The third-order valence-corrected chi connectivity index (χ3v) is 3.22. The van der Waals surface area contributed by atoms with Gasteiger partial charge in [-0.25, -0.2) is 4.68 Å². The van der Waals surface area contributed by atoms with Crippen LogP contribution in [0.15, 0.2) is 49.1 Å². The van der Waals surface area contributed by atoms with E-state index in [2.05, 4.69) is 32.6 Å². The molecule has 0 atom stereocenters. The average molecular weight is 238 g/mol. The number of rotatable bonds is 3. The van der Waals surface area contributed by atoms with Gasteiger partial charge in [0.05, 0.1) is 11.4 Å². The molecule has 2 nitrogen and oxygen atoms in total. The highest BCUT2D eigenvalue weighted by Crippen LogP contribution is 2.23. The Balaban J connectivity index is 2.60. The Morgan fingerprint density at radius 1 is 1.22 bits per heavy atom. The number of benzene rings is 1. The number of hydrogen-bond acceptors (Lipinski definition) is 1. The minimum absolute atomic E-state index is 1.01. The van der Waals surface area contributed by atoms with Crippen molar-refractivity contribution in [2.45, 2.75) is 20.8 Å². The second kappa shape index (κ2) is 5.05. The Morgan fingerprint density at radius 3 is 2.44 bits per heavy atom. The van der Waals surface area contributed by atoms with Crippen LogP contribution in [0.5, 0.6) is 0 Å². The van der Waals surface area contributed by atoms with Crippen molar-refractivity contribution in [3.05, 3.63) is 66.0 Å². The van der Waals surface area contributed by atoms with Crippen molar-refractivity contribution in [3.63, 3.8) is 0 Å². The molecular weight excluding hydrogens is 220 g/mol. The van der Waals surface area contributed by atoms with Crippen LogP contribution in [0, 0.1) is 13.8 Å². The molecule has 1 aromatic carbocycles. The molecule has 92 valence electrons. The zero-order valence-electron chi connectivity index (χ0n) is 11.1. The molecule has 0 aliphatic heterocycles. The fraction of sp³-hybridized carbons (Fsp3) is 0.188. The Hall–Kier alpha value is -2.09. The molecule has 0 fully saturated rings. The van der Waals surface area contributed by atoms with E-state index in [0.29, 0.717) is 0 Å². The summed E-state index contributed by atoms with van der Waals surface area (Å²) in [6.45, 7) is 10.0. The smallest absolute Gasteiger partial charge is 0.0955 e. The second-order valence-corrected chi connectivity index (χ2v) is 4.25. The van der Waals surface area contributed by atoms with Crippen molar-refractivity contribution in [2.24, 2.45) is 0 Å². The van der Waals surface area contributed by atoms with Gasteiger partial charge in [-0.05, 0) is 44.0 Å². The van der Waals surface area contributed by atoms with E-state index in [1.165, 1.54) is 5.56 Å². The van der Waals surface area contributed by atoms with Crippen molar-refractivity contribution in [3.8, 4) is 5.69 Å². The summed E-state index contributed by atoms with van der Waals surface area (Å²) in [5, 5.41) is 4.70. The summed E-state index contributed by atoms with van der Waals surface area (Å²) in [5.74, 6) is 0. The van der Waals surface area contributed by atoms with Gasteiger partial charge in [0.25, 0.3) is 0 Å². The first-order valence-corrected chi connectivity index (χ1v) is 6.09. The Morgan fingerprint density at radius 2 is 1.89 bits per heavy atom. The fourth-order valence-electron chi connectivity index (χ4n) is 2.03. The molecule has 0 aliphatic rings. The second-order valence-electron chi connectivity index (χ2n) is 4.25. The lowest BCUT2D eigenvalue weighted by Crippen LogP contribution is -1.98. The predicted molar refractivity (Wildman–Crippen MR) is 76.9 cm³/mol. The molecule has 0 amide bonds. The fourth-order valence-corrected chi connectivity index (χ4v) is 2.03. The van der Waals surface area contributed by atoms with Crippen LogP contribution in [-0.2, 0) is 0 Å². The number of hydrogen-bond donors (Lipinski definition) is 0. The van der Waals surface area contributed by atoms with Gasteiger partial charge in [-0.3, -0.25) is 0 Å².